The summed E-state index contributed by atoms with van der Waals surface area (Å²) in [5.74, 6) is -0.469. The Morgan fingerprint density at radius 3 is 1.87 bits per heavy atom. The number of carbonyl (C=O) groups excluding carboxylic acids is 2. The van der Waals surface area contributed by atoms with Crippen LogP contribution in [0, 0.1) is 10.8 Å². The fourth-order valence-corrected chi connectivity index (χ4v) is 1.36. The minimum Gasteiger partial charge on any atom is -0.468 e. The molecule has 0 aliphatic heterocycles. The van der Waals surface area contributed by atoms with Crippen LogP contribution in [0.5, 0.6) is 0 Å². The second-order valence-electron chi connectivity index (χ2n) is 5.34. The fourth-order valence-electron chi connectivity index (χ4n) is 1.36. The molecule has 0 N–H and O–H groups in total. The van der Waals surface area contributed by atoms with Crippen molar-refractivity contribution in [2.75, 3.05) is 7.11 Å². The van der Waals surface area contributed by atoms with Gasteiger partial charge in [0.05, 0.1) is 7.11 Å². The number of hydrogen-bond donors (Lipinski definition) is 0. The zero-order chi connectivity index (χ0) is 12.3. The molecule has 0 saturated heterocycles. The van der Waals surface area contributed by atoms with Gasteiger partial charge in [-0.1, -0.05) is 27.7 Å². The Kier molecular flexibility index (Phi) is 4.50. The molecule has 0 spiro atoms. The van der Waals surface area contributed by atoms with Crippen LogP contribution in [-0.4, -0.2) is 18.9 Å². The number of Topliss-reactive ketones (excluding diaryl/α,β-unsaturated/α-hetero) is 1. The van der Waals surface area contributed by atoms with Gasteiger partial charge in [0.2, 0.25) is 0 Å². The van der Waals surface area contributed by atoms with E-state index in [1.54, 1.807) is 6.92 Å². The first-order valence-corrected chi connectivity index (χ1v) is 5.29. The lowest BCUT2D eigenvalue weighted by atomic mass is 9.76. The van der Waals surface area contributed by atoms with E-state index in [-0.39, 0.29) is 11.2 Å². The Hall–Kier alpha value is -0.860. The number of carbonyl (C=O) groups is 2. The first kappa shape index (κ1) is 14.1. The van der Waals surface area contributed by atoms with Crippen LogP contribution in [0.2, 0.25) is 0 Å². The van der Waals surface area contributed by atoms with Crippen LogP contribution in [-0.2, 0) is 14.3 Å². The van der Waals surface area contributed by atoms with Crippen LogP contribution in [0.3, 0.4) is 0 Å². The molecule has 0 rings (SSSR count). The minimum absolute atomic E-state index is 0.0376. The van der Waals surface area contributed by atoms with Crippen molar-refractivity contribution in [1.82, 2.24) is 0 Å². The molecular formula is C12H22O3. The van der Waals surface area contributed by atoms with Crippen molar-refractivity contribution >= 4 is 11.8 Å². The highest BCUT2D eigenvalue weighted by atomic mass is 16.5. The van der Waals surface area contributed by atoms with Crippen molar-refractivity contribution in [2.24, 2.45) is 10.8 Å². The van der Waals surface area contributed by atoms with Gasteiger partial charge in [0, 0.05) is 6.42 Å². The van der Waals surface area contributed by atoms with E-state index in [0.29, 0.717) is 12.8 Å². The normalized spacial score (nSPS) is 15.6. The number of ketones is 1. The first-order chi connectivity index (χ1) is 6.67. The molecule has 1 atom stereocenters. The quantitative estimate of drug-likeness (QED) is 0.533. The van der Waals surface area contributed by atoms with E-state index in [1.807, 2.05) is 27.7 Å². The van der Waals surface area contributed by atoms with E-state index in [9.17, 15) is 9.59 Å². The maximum absolute atomic E-state index is 12.0. The van der Waals surface area contributed by atoms with Crippen LogP contribution in [0.15, 0.2) is 0 Å². The molecule has 3 nitrogen and oxygen atoms in total. The number of esters is 1. The van der Waals surface area contributed by atoms with Gasteiger partial charge in [0.25, 0.3) is 0 Å². The van der Waals surface area contributed by atoms with Gasteiger partial charge in [-0.05, 0) is 18.8 Å². The summed E-state index contributed by atoms with van der Waals surface area (Å²) >= 11 is 0. The third-order valence-electron chi connectivity index (χ3n) is 2.65. The predicted molar refractivity (Wildman–Crippen MR) is 59.5 cm³/mol. The molecule has 0 saturated carbocycles. The average Bonchev–Trinajstić information content (AvgIpc) is 2.12. The molecule has 0 radical (unpaired) electrons. The lowest BCUT2D eigenvalue weighted by molar-refractivity contribution is -0.157. The van der Waals surface area contributed by atoms with Crippen molar-refractivity contribution in [3.8, 4) is 0 Å². The standard InChI is InChI=1S/C12H22O3/c1-7-12(5,10(14)15-6)9(13)8-11(2,3)4/h7-8H2,1-6H3. The molecule has 0 aliphatic rings. The van der Waals surface area contributed by atoms with Crippen LogP contribution >= 0.6 is 0 Å². The Labute approximate surface area is 92.2 Å². The van der Waals surface area contributed by atoms with Crippen molar-refractivity contribution in [2.45, 2.75) is 47.5 Å². The van der Waals surface area contributed by atoms with Crippen LogP contribution in [0.4, 0.5) is 0 Å². The van der Waals surface area contributed by atoms with Gasteiger partial charge in [-0.2, -0.15) is 0 Å². The van der Waals surface area contributed by atoms with Crippen molar-refractivity contribution in [1.29, 1.82) is 0 Å². The Morgan fingerprint density at radius 2 is 1.60 bits per heavy atom. The van der Waals surface area contributed by atoms with E-state index in [4.69, 9.17) is 0 Å². The van der Waals surface area contributed by atoms with Crippen LogP contribution in [0.1, 0.15) is 47.5 Å². The first-order valence-electron chi connectivity index (χ1n) is 5.29. The molecular weight excluding hydrogens is 192 g/mol. The number of rotatable bonds is 4. The molecule has 88 valence electrons. The van der Waals surface area contributed by atoms with E-state index >= 15 is 0 Å². The largest absolute Gasteiger partial charge is 0.468 e. The second-order valence-corrected chi connectivity index (χ2v) is 5.34. The Bertz CT molecular complexity index is 250. The van der Waals surface area contributed by atoms with Crippen molar-refractivity contribution < 1.29 is 14.3 Å². The summed E-state index contributed by atoms with van der Waals surface area (Å²) in [7, 11) is 1.32. The number of methoxy groups -OCH3 is 1. The lowest BCUT2D eigenvalue weighted by Crippen LogP contribution is -2.38. The smallest absolute Gasteiger partial charge is 0.319 e. The summed E-state index contributed by atoms with van der Waals surface area (Å²) in [6.45, 7) is 9.44. The molecule has 0 aromatic heterocycles. The number of ether oxygens (including phenoxy) is 1. The molecule has 0 bridgehead atoms. The predicted octanol–water partition coefficient (Wildman–Crippen LogP) is 2.58. The van der Waals surface area contributed by atoms with Gasteiger partial charge in [0.15, 0.2) is 0 Å². The molecule has 0 fully saturated rings. The van der Waals surface area contributed by atoms with Gasteiger partial charge < -0.3 is 4.74 Å². The lowest BCUT2D eigenvalue weighted by Gasteiger charge is -2.27. The van der Waals surface area contributed by atoms with Gasteiger partial charge in [-0.25, -0.2) is 0 Å². The molecule has 0 aromatic rings. The topological polar surface area (TPSA) is 43.4 Å². The van der Waals surface area contributed by atoms with Crippen LogP contribution < -0.4 is 0 Å². The Balaban J connectivity index is 4.82. The minimum atomic E-state index is -0.984. The van der Waals surface area contributed by atoms with Gasteiger partial charge in [-0.15, -0.1) is 0 Å². The molecule has 0 heterocycles. The van der Waals surface area contributed by atoms with Gasteiger partial charge in [0.1, 0.15) is 11.2 Å². The van der Waals surface area contributed by atoms with Crippen LogP contribution in [0.25, 0.3) is 0 Å². The monoisotopic (exact) mass is 214 g/mol. The molecule has 15 heavy (non-hydrogen) atoms. The fraction of sp³-hybridized carbons (Fsp3) is 0.833. The average molecular weight is 214 g/mol. The third-order valence-corrected chi connectivity index (χ3v) is 2.65. The SMILES string of the molecule is CCC(C)(C(=O)CC(C)(C)C)C(=O)OC. The third kappa shape index (κ3) is 3.65. The summed E-state index contributed by atoms with van der Waals surface area (Å²) < 4.78 is 4.68. The van der Waals surface area contributed by atoms with Crippen molar-refractivity contribution in [3.05, 3.63) is 0 Å². The van der Waals surface area contributed by atoms with E-state index in [1.165, 1.54) is 7.11 Å². The molecule has 3 heteroatoms. The zero-order valence-corrected chi connectivity index (χ0v) is 10.6. The summed E-state index contributed by atoms with van der Waals surface area (Å²) in [5.41, 5.74) is -1.08. The zero-order valence-electron chi connectivity index (χ0n) is 10.6. The number of hydrogen-bond acceptors (Lipinski definition) is 3. The summed E-state index contributed by atoms with van der Waals surface area (Å²) in [5, 5.41) is 0. The summed E-state index contributed by atoms with van der Waals surface area (Å²) in [4.78, 5) is 23.6. The highest BCUT2D eigenvalue weighted by molar-refractivity contribution is 6.03. The summed E-state index contributed by atoms with van der Waals surface area (Å²) in [6.07, 6.45) is 0.876. The Morgan fingerprint density at radius 1 is 1.13 bits per heavy atom. The van der Waals surface area contributed by atoms with Gasteiger partial charge >= 0.3 is 5.97 Å². The highest BCUT2D eigenvalue weighted by Crippen LogP contribution is 2.31. The van der Waals surface area contributed by atoms with Crippen molar-refractivity contribution in [3.63, 3.8) is 0 Å². The van der Waals surface area contributed by atoms with Gasteiger partial charge in [-0.3, -0.25) is 9.59 Å². The molecule has 0 aromatic carbocycles. The van der Waals surface area contributed by atoms with E-state index < -0.39 is 11.4 Å². The second kappa shape index (κ2) is 4.77. The molecule has 1 unspecified atom stereocenters. The summed E-state index contributed by atoms with van der Waals surface area (Å²) in [6, 6.07) is 0. The maximum Gasteiger partial charge on any atom is 0.319 e. The van der Waals surface area contributed by atoms with E-state index in [0.717, 1.165) is 0 Å². The molecule has 0 aliphatic carbocycles. The maximum atomic E-state index is 12.0. The molecule has 0 amide bonds. The van der Waals surface area contributed by atoms with E-state index in [2.05, 4.69) is 4.74 Å². The highest BCUT2D eigenvalue weighted by Gasteiger charge is 2.41.